The maximum atomic E-state index is 3.96. The van der Waals surface area contributed by atoms with Crippen LogP contribution >= 0.6 is 0 Å². The number of unbranched alkanes of at least 4 members (excludes halogenated alkanes) is 1. The molecule has 0 rings (SSSR count). The minimum Gasteiger partial charge on any atom is -0.317 e. The van der Waals surface area contributed by atoms with E-state index >= 15 is 0 Å². The molecule has 0 radical (unpaired) electrons. The Labute approximate surface area is 130 Å². The molecule has 3 heteroatoms. The smallest absolute Gasteiger partial charge is 0.0710 e. The highest BCUT2D eigenvalue weighted by Gasteiger charge is 2.25. The molecule has 0 spiro atoms. The van der Waals surface area contributed by atoms with Crippen molar-refractivity contribution in [2.45, 2.75) is 83.3 Å². The van der Waals surface area contributed by atoms with Gasteiger partial charge in [0.2, 0.25) is 0 Å². The summed E-state index contributed by atoms with van der Waals surface area (Å²) in [5.41, 5.74) is 2.22. The van der Waals surface area contributed by atoms with Gasteiger partial charge in [-0.2, -0.15) is 0 Å². The number of hydrogen-bond acceptors (Lipinski definition) is 1. The minimum absolute atomic E-state index is 0.856. The Morgan fingerprint density at radius 3 is 1.90 bits per heavy atom. The molecule has 0 bridgehead atoms. The normalized spacial score (nSPS) is 12.7. The predicted octanol–water partition coefficient (Wildman–Crippen LogP) is 5.69. The van der Waals surface area contributed by atoms with Crippen LogP contribution in [0.1, 0.15) is 40.0 Å². The van der Waals surface area contributed by atoms with Gasteiger partial charge in [0.25, 0.3) is 0 Å². The van der Waals surface area contributed by atoms with Gasteiger partial charge in [-0.3, -0.25) is 0 Å². The summed E-state index contributed by atoms with van der Waals surface area (Å²) in [5, 5.41) is 3.63. The summed E-state index contributed by atoms with van der Waals surface area (Å²) in [4.78, 5) is 0. The van der Waals surface area contributed by atoms with Gasteiger partial charge in [0, 0.05) is 0 Å². The summed E-state index contributed by atoms with van der Waals surface area (Å²) in [7, 11) is -1.92. The zero-order chi connectivity index (χ0) is 15.5. The Bertz CT molecular complexity index is 239. The second-order valence-corrected chi connectivity index (χ2v) is 17.6. The molecule has 0 aromatic rings. The molecular weight excluding hydrogens is 274 g/mol. The van der Waals surface area contributed by atoms with Crippen LogP contribution in [0.15, 0.2) is 12.3 Å². The van der Waals surface area contributed by atoms with E-state index in [2.05, 4.69) is 51.5 Å². The van der Waals surface area contributed by atoms with Crippen LogP contribution in [-0.2, 0) is 0 Å². The first-order valence-corrected chi connectivity index (χ1v) is 14.9. The molecule has 0 amide bonds. The van der Waals surface area contributed by atoms with Gasteiger partial charge in [0.15, 0.2) is 0 Å². The fourth-order valence-corrected chi connectivity index (χ4v) is 7.78. The zero-order valence-electron chi connectivity index (χ0n) is 14.9. The number of rotatable bonds is 13. The Morgan fingerprint density at radius 1 is 0.850 bits per heavy atom. The second-order valence-electron chi connectivity index (χ2n) is 7.06. The lowest BCUT2D eigenvalue weighted by molar-refractivity contribution is 0.628. The van der Waals surface area contributed by atoms with Crippen molar-refractivity contribution in [3.8, 4) is 0 Å². The van der Waals surface area contributed by atoms with Gasteiger partial charge in [-0.05, 0) is 25.9 Å². The molecule has 0 atom stereocenters. The van der Waals surface area contributed by atoms with Crippen molar-refractivity contribution in [1.29, 1.82) is 0 Å². The van der Waals surface area contributed by atoms with Gasteiger partial charge in [0.1, 0.15) is 0 Å². The quantitative estimate of drug-likeness (QED) is 0.340. The lowest BCUT2D eigenvalue weighted by atomic mass is 10.3. The highest BCUT2D eigenvalue weighted by Crippen LogP contribution is 2.26. The maximum Gasteiger partial charge on any atom is 0.0710 e. The van der Waals surface area contributed by atoms with Crippen LogP contribution in [0.5, 0.6) is 0 Å². The molecular formula is C17H39NSi2. The first-order valence-electron chi connectivity index (χ1n) is 8.79. The first kappa shape index (κ1) is 20.1. The lowest BCUT2D eigenvalue weighted by Gasteiger charge is -2.28. The third-order valence-electron chi connectivity index (χ3n) is 5.29. The van der Waals surface area contributed by atoms with Crippen LogP contribution in [0.2, 0.25) is 43.3 Å². The average Bonchev–Trinajstić information content (AvgIpc) is 2.46. The van der Waals surface area contributed by atoms with Crippen molar-refractivity contribution >= 4 is 16.1 Å². The van der Waals surface area contributed by atoms with Gasteiger partial charge < -0.3 is 5.32 Å². The molecule has 0 fully saturated rings. The van der Waals surface area contributed by atoms with Crippen molar-refractivity contribution in [1.82, 2.24) is 5.32 Å². The number of nitrogens with one attached hydrogen (secondary N) is 1. The summed E-state index contributed by atoms with van der Waals surface area (Å²) in [6.45, 7) is 18.5. The third kappa shape index (κ3) is 8.43. The topological polar surface area (TPSA) is 12.0 Å². The first-order chi connectivity index (χ1) is 9.45. The molecule has 0 aromatic heterocycles. The van der Waals surface area contributed by atoms with Crippen molar-refractivity contribution in [3.63, 3.8) is 0 Å². The van der Waals surface area contributed by atoms with Gasteiger partial charge in [-0.25, -0.2) is 0 Å². The monoisotopic (exact) mass is 313 g/mol. The number of hydrogen-bond donors (Lipinski definition) is 1. The standard InChI is InChI=1S/C17H39NSi2/c1-7-19(5,6)16-13-15-18-14-11-12-17-20(8-2,9-3)10-4/h7,18H,1,8-17H2,2-6H3. The SMILES string of the molecule is C=C[Si](C)(C)CCCNCCCC[Si](CC)(CC)CC. The van der Waals surface area contributed by atoms with E-state index in [1.807, 2.05) is 0 Å². The van der Waals surface area contributed by atoms with E-state index in [-0.39, 0.29) is 0 Å². The molecule has 120 valence electrons. The fraction of sp³-hybridized carbons (Fsp3) is 0.882. The van der Waals surface area contributed by atoms with Crippen molar-refractivity contribution in [2.24, 2.45) is 0 Å². The summed E-state index contributed by atoms with van der Waals surface area (Å²) in [5.74, 6) is 0. The van der Waals surface area contributed by atoms with Crippen molar-refractivity contribution in [2.75, 3.05) is 13.1 Å². The maximum absolute atomic E-state index is 3.96. The molecule has 0 saturated heterocycles. The molecule has 1 N–H and O–H groups in total. The summed E-state index contributed by atoms with van der Waals surface area (Å²) < 4.78 is 0. The summed E-state index contributed by atoms with van der Waals surface area (Å²) in [6.07, 6.45) is 4.14. The predicted molar refractivity (Wildman–Crippen MR) is 101 cm³/mol. The zero-order valence-corrected chi connectivity index (χ0v) is 16.9. The Balaban J connectivity index is 3.56. The lowest BCUT2D eigenvalue weighted by Crippen LogP contribution is -2.31. The van der Waals surface area contributed by atoms with E-state index in [1.165, 1.54) is 56.5 Å². The molecule has 0 aromatic carbocycles. The van der Waals surface area contributed by atoms with Crippen LogP contribution < -0.4 is 5.32 Å². The molecule has 0 saturated carbocycles. The van der Waals surface area contributed by atoms with Crippen molar-refractivity contribution in [3.05, 3.63) is 12.3 Å². The highest BCUT2D eigenvalue weighted by molar-refractivity contribution is 6.82. The van der Waals surface area contributed by atoms with E-state index in [0.717, 1.165) is 0 Å². The second kappa shape index (κ2) is 10.8. The highest BCUT2D eigenvalue weighted by atomic mass is 28.3. The molecule has 0 aliphatic carbocycles. The van der Waals surface area contributed by atoms with E-state index < -0.39 is 16.1 Å². The molecule has 0 aliphatic rings. The van der Waals surface area contributed by atoms with E-state index in [9.17, 15) is 0 Å². The van der Waals surface area contributed by atoms with E-state index in [0.29, 0.717) is 0 Å². The Hall–Kier alpha value is 0.134. The van der Waals surface area contributed by atoms with Gasteiger partial charge in [-0.1, -0.05) is 70.5 Å². The van der Waals surface area contributed by atoms with E-state index in [1.54, 1.807) is 6.04 Å². The molecule has 0 aliphatic heterocycles. The van der Waals surface area contributed by atoms with Crippen LogP contribution in [0.3, 0.4) is 0 Å². The molecule has 0 heterocycles. The van der Waals surface area contributed by atoms with Crippen molar-refractivity contribution < 1.29 is 0 Å². The third-order valence-corrected chi connectivity index (χ3v) is 13.9. The van der Waals surface area contributed by atoms with Gasteiger partial charge >= 0.3 is 0 Å². The fourth-order valence-electron chi connectivity index (χ4n) is 2.93. The molecule has 1 nitrogen and oxygen atoms in total. The van der Waals surface area contributed by atoms with Crippen LogP contribution in [0.4, 0.5) is 0 Å². The van der Waals surface area contributed by atoms with Crippen LogP contribution in [0.25, 0.3) is 0 Å². The molecule has 20 heavy (non-hydrogen) atoms. The molecule has 0 unspecified atom stereocenters. The average molecular weight is 314 g/mol. The minimum atomic E-state index is -1.06. The van der Waals surface area contributed by atoms with E-state index in [4.69, 9.17) is 0 Å². The summed E-state index contributed by atoms with van der Waals surface area (Å²) in [6, 6.07) is 7.37. The largest absolute Gasteiger partial charge is 0.317 e. The van der Waals surface area contributed by atoms with Gasteiger partial charge in [-0.15, -0.1) is 12.3 Å². The van der Waals surface area contributed by atoms with Crippen LogP contribution in [-0.4, -0.2) is 29.2 Å². The van der Waals surface area contributed by atoms with Gasteiger partial charge in [0.05, 0.1) is 16.1 Å². The Morgan fingerprint density at radius 2 is 1.40 bits per heavy atom. The summed E-state index contributed by atoms with van der Waals surface area (Å²) >= 11 is 0. The Kier molecular flexibility index (Phi) is 10.9. The van der Waals surface area contributed by atoms with Crippen LogP contribution in [0, 0.1) is 0 Å².